The fourth-order valence-corrected chi connectivity index (χ4v) is 1.47. The number of rotatable bonds is 4. The Labute approximate surface area is 84.4 Å². The van der Waals surface area contributed by atoms with Gasteiger partial charge in [0.15, 0.2) is 0 Å². The van der Waals surface area contributed by atoms with Crippen LogP contribution in [0.4, 0.5) is 0 Å². The lowest BCUT2D eigenvalue weighted by Crippen LogP contribution is -2.32. The van der Waals surface area contributed by atoms with Gasteiger partial charge in [0.05, 0.1) is 0 Å². The van der Waals surface area contributed by atoms with Crippen LogP contribution in [0.25, 0.3) is 0 Å². The molecule has 0 saturated carbocycles. The molecule has 1 aromatic rings. The van der Waals surface area contributed by atoms with Crippen LogP contribution in [0.3, 0.4) is 0 Å². The average Bonchev–Trinajstić information content (AvgIpc) is 2.26. The molecule has 0 heterocycles. The van der Waals surface area contributed by atoms with E-state index >= 15 is 0 Å². The zero-order chi connectivity index (χ0) is 10.6. The van der Waals surface area contributed by atoms with E-state index in [-0.39, 0.29) is 0 Å². The Morgan fingerprint density at radius 2 is 1.93 bits per heavy atom. The first-order chi connectivity index (χ1) is 6.70. The van der Waals surface area contributed by atoms with Gasteiger partial charge in [-0.25, -0.2) is 0 Å². The van der Waals surface area contributed by atoms with Crippen molar-refractivity contribution >= 4 is 0 Å². The largest absolute Gasteiger partial charge is 0.384 e. The molecule has 0 aromatic heterocycles. The molecule has 1 rings (SSSR count). The number of aryl methyl sites for hydroxylation is 1. The smallest absolute Gasteiger partial charge is 0.135 e. The molecular formula is C11H17NO2. The van der Waals surface area contributed by atoms with Crippen molar-refractivity contribution in [3.05, 3.63) is 35.4 Å². The Balaban J connectivity index is 2.93. The molecule has 0 saturated heterocycles. The van der Waals surface area contributed by atoms with Crippen LogP contribution in [0.2, 0.25) is 0 Å². The van der Waals surface area contributed by atoms with Gasteiger partial charge >= 0.3 is 0 Å². The third-order valence-electron chi connectivity index (χ3n) is 2.35. The van der Waals surface area contributed by atoms with E-state index in [0.717, 1.165) is 17.5 Å². The summed E-state index contributed by atoms with van der Waals surface area (Å²) in [4.78, 5) is 0. The number of hydrogen-bond donors (Lipinski definition) is 3. The second kappa shape index (κ2) is 5.10. The van der Waals surface area contributed by atoms with Crippen LogP contribution in [0, 0.1) is 0 Å². The summed E-state index contributed by atoms with van der Waals surface area (Å²) in [7, 11) is 1.61. The Morgan fingerprint density at radius 3 is 2.50 bits per heavy atom. The number of likely N-dealkylation sites (N-methyl/N-ethyl adjacent to an activating group) is 1. The highest BCUT2D eigenvalue weighted by molar-refractivity contribution is 5.29. The van der Waals surface area contributed by atoms with Crippen molar-refractivity contribution in [2.24, 2.45) is 0 Å². The molecule has 0 bridgehead atoms. The first-order valence-corrected chi connectivity index (χ1v) is 4.82. The van der Waals surface area contributed by atoms with Gasteiger partial charge < -0.3 is 10.2 Å². The van der Waals surface area contributed by atoms with Crippen LogP contribution in [-0.2, 0) is 6.42 Å². The highest BCUT2D eigenvalue weighted by Crippen LogP contribution is 2.20. The Hall–Kier alpha value is -0.900. The van der Waals surface area contributed by atoms with Crippen LogP contribution >= 0.6 is 0 Å². The van der Waals surface area contributed by atoms with Gasteiger partial charge in [-0.15, -0.1) is 0 Å². The Bertz CT molecular complexity index is 288. The molecule has 14 heavy (non-hydrogen) atoms. The third kappa shape index (κ3) is 2.32. The predicted molar refractivity (Wildman–Crippen MR) is 55.8 cm³/mol. The van der Waals surface area contributed by atoms with Gasteiger partial charge in [0.25, 0.3) is 0 Å². The van der Waals surface area contributed by atoms with Gasteiger partial charge in [0.1, 0.15) is 12.3 Å². The number of hydrogen-bond acceptors (Lipinski definition) is 3. The number of benzene rings is 1. The molecule has 3 heteroatoms. The van der Waals surface area contributed by atoms with Crippen LogP contribution in [0.5, 0.6) is 0 Å². The molecule has 0 aliphatic heterocycles. The van der Waals surface area contributed by atoms with E-state index < -0.39 is 12.3 Å². The number of nitrogens with one attached hydrogen (secondary N) is 1. The maximum atomic E-state index is 9.79. The normalized spacial score (nSPS) is 15.1. The topological polar surface area (TPSA) is 52.5 Å². The summed E-state index contributed by atoms with van der Waals surface area (Å²) in [6.45, 7) is 2.03. The molecule has 78 valence electrons. The summed E-state index contributed by atoms with van der Waals surface area (Å²) in [5, 5.41) is 21.8. The molecular weight excluding hydrogens is 178 g/mol. The number of aliphatic hydroxyl groups excluding tert-OH is 2. The van der Waals surface area contributed by atoms with E-state index in [2.05, 4.69) is 5.32 Å². The van der Waals surface area contributed by atoms with Crippen molar-refractivity contribution in [2.75, 3.05) is 7.05 Å². The summed E-state index contributed by atoms with van der Waals surface area (Å²) >= 11 is 0. The zero-order valence-electron chi connectivity index (χ0n) is 8.57. The first-order valence-electron chi connectivity index (χ1n) is 4.82. The zero-order valence-corrected chi connectivity index (χ0v) is 8.57. The molecule has 0 fully saturated rings. The summed E-state index contributed by atoms with van der Waals surface area (Å²) in [6.07, 6.45) is -0.928. The third-order valence-corrected chi connectivity index (χ3v) is 2.35. The van der Waals surface area contributed by atoms with Gasteiger partial charge in [-0.3, -0.25) is 5.32 Å². The first kappa shape index (κ1) is 11.2. The molecule has 0 radical (unpaired) electrons. The fourth-order valence-electron chi connectivity index (χ4n) is 1.47. The van der Waals surface area contributed by atoms with E-state index in [1.807, 2.05) is 31.2 Å². The average molecular weight is 195 g/mol. The van der Waals surface area contributed by atoms with E-state index in [0.29, 0.717) is 0 Å². The monoisotopic (exact) mass is 195 g/mol. The molecule has 3 N–H and O–H groups in total. The minimum atomic E-state index is -0.914. The van der Waals surface area contributed by atoms with Gasteiger partial charge in [-0.2, -0.15) is 0 Å². The van der Waals surface area contributed by atoms with Crippen LogP contribution < -0.4 is 5.32 Å². The van der Waals surface area contributed by atoms with Crippen molar-refractivity contribution in [3.8, 4) is 0 Å². The van der Waals surface area contributed by atoms with Crippen molar-refractivity contribution < 1.29 is 10.2 Å². The van der Waals surface area contributed by atoms with Gasteiger partial charge in [-0.05, 0) is 24.6 Å². The lowest BCUT2D eigenvalue weighted by molar-refractivity contribution is 0.00143. The minimum absolute atomic E-state index is 0.789. The lowest BCUT2D eigenvalue weighted by atomic mass is 9.99. The Kier molecular flexibility index (Phi) is 4.07. The molecule has 0 spiro atoms. The van der Waals surface area contributed by atoms with Crippen molar-refractivity contribution in [1.82, 2.24) is 5.32 Å². The van der Waals surface area contributed by atoms with Crippen molar-refractivity contribution in [2.45, 2.75) is 25.7 Å². The minimum Gasteiger partial charge on any atom is -0.384 e. The molecule has 0 aliphatic rings. The highest BCUT2D eigenvalue weighted by Gasteiger charge is 2.18. The molecule has 3 nitrogen and oxygen atoms in total. The van der Waals surface area contributed by atoms with Gasteiger partial charge in [0.2, 0.25) is 0 Å². The highest BCUT2D eigenvalue weighted by atomic mass is 16.3. The van der Waals surface area contributed by atoms with Crippen LogP contribution in [0.15, 0.2) is 24.3 Å². The lowest BCUT2D eigenvalue weighted by Gasteiger charge is -2.19. The standard InChI is InChI=1S/C11H17NO2/c1-3-8-6-4-5-7-9(8)10(13)11(14)12-2/h4-7,10-14H,3H2,1-2H3. The SMILES string of the molecule is CCc1ccccc1C(O)C(O)NC. The van der Waals surface area contributed by atoms with Crippen molar-refractivity contribution in [1.29, 1.82) is 0 Å². The predicted octanol–water partition coefficient (Wildman–Crippen LogP) is 0.820. The summed E-state index contributed by atoms with van der Waals surface area (Å²) in [6, 6.07) is 7.59. The van der Waals surface area contributed by atoms with Gasteiger partial charge in [-0.1, -0.05) is 31.2 Å². The van der Waals surface area contributed by atoms with E-state index in [1.54, 1.807) is 7.05 Å². The van der Waals surface area contributed by atoms with E-state index in [1.165, 1.54) is 0 Å². The molecule has 2 unspecified atom stereocenters. The van der Waals surface area contributed by atoms with E-state index in [9.17, 15) is 10.2 Å². The second-order valence-electron chi connectivity index (χ2n) is 3.23. The second-order valence-corrected chi connectivity index (χ2v) is 3.23. The van der Waals surface area contributed by atoms with Crippen LogP contribution in [-0.4, -0.2) is 23.5 Å². The fraction of sp³-hybridized carbons (Fsp3) is 0.455. The molecule has 2 atom stereocenters. The quantitative estimate of drug-likeness (QED) is 0.623. The van der Waals surface area contributed by atoms with Crippen molar-refractivity contribution in [3.63, 3.8) is 0 Å². The van der Waals surface area contributed by atoms with Gasteiger partial charge in [0, 0.05) is 0 Å². The van der Waals surface area contributed by atoms with E-state index in [4.69, 9.17) is 0 Å². The summed E-state index contributed by atoms with van der Waals surface area (Å²) < 4.78 is 0. The maximum Gasteiger partial charge on any atom is 0.135 e. The summed E-state index contributed by atoms with van der Waals surface area (Å²) in [5.74, 6) is 0. The molecule has 0 aliphatic carbocycles. The number of aliphatic hydroxyl groups is 2. The maximum absolute atomic E-state index is 9.79. The van der Waals surface area contributed by atoms with Crippen LogP contribution in [0.1, 0.15) is 24.2 Å². The molecule has 1 aromatic carbocycles. The summed E-state index contributed by atoms with van der Waals surface area (Å²) in [5.41, 5.74) is 1.85. The molecule has 0 amide bonds. The Morgan fingerprint density at radius 1 is 1.29 bits per heavy atom.